The van der Waals surface area contributed by atoms with Crippen molar-refractivity contribution in [3.63, 3.8) is 0 Å². The van der Waals surface area contributed by atoms with E-state index in [1.54, 1.807) is 19.2 Å². The van der Waals surface area contributed by atoms with Crippen LogP contribution in [0.1, 0.15) is 0 Å². The van der Waals surface area contributed by atoms with E-state index >= 15 is 0 Å². The molecule has 0 spiro atoms. The van der Waals surface area contributed by atoms with Crippen LogP contribution in [0, 0.1) is 5.41 Å². The lowest BCUT2D eigenvalue weighted by Gasteiger charge is -2.08. The topological polar surface area (TPSA) is 66.5 Å². The number of methoxy groups -OCH3 is 1. The van der Waals surface area contributed by atoms with Gasteiger partial charge in [0, 0.05) is 11.5 Å². The molecule has 0 bridgehead atoms. The maximum atomic E-state index is 9.48. The van der Waals surface area contributed by atoms with Gasteiger partial charge in [0.15, 0.2) is 0 Å². The van der Waals surface area contributed by atoms with Gasteiger partial charge in [0.25, 0.3) is 0 Å². The van der Waals surface area contributed by atoms with Crippen molar-refractivity contribution in [2.45, 2.75) is 0 Å². The summed E-state index contributed by atoms with van der Waals surface area (Å²) in [5.41, 5.74) is 1.34. The molecule has 0 aliphatic carbocycles. The van der Waals surface area contributed by atoms with Crippen LogP contribution in [-0.4, -0.2) is 12.2 Å². The van der Waals surface area contributed by atoms with Gasteiger partial charge in [-0.2, -0.15) is 0 Å². The lowest BCUT2D eigenvalue weighted by molar-refractivity contribution is 0.415. The summed E-state index contributed by atoms with van der Waals surface area (Å²) in [5.74, 6) is 1.37. The molecule has 0 aliphatic heterocycles. The number of phenols is 1. The van der Waals surface area contributed by atoms with Gasteiger partial charge in [0.05, 0.1) is 18.0 Å². The van der Waals surface area contributed by atoms with Crippen molar-refractivity contribution >= 4 is 11.0 Å². The average molecular weight is 267 g/mol. The number of ether oxygens (including phenoxy) is 1. The van der Waals surface area contributed by atoms with Gasteiger partial charge >= 0.3 is 0 Å². The Bertz CT molecular complexity index is 836. The highest BCUT2D eigenvalue weighted by molar-refractivity contribution is 5.80. The fourth-order valence-electron chi connectivity index (χ4n) is 2.16. The molecule has 0 aliphatic rings. The SMILES string of the molecule is COc1ccccc1-c1cc(=N)c2cc(O)ccc2o1. The normalized spacial score (nSPS) is 10.7. The zero-order valence-electron chi connectivity index (χ0n) is 10.9. The summed E-state index contributed by atoms with van der Waals surface area (Å²) < 4.78 is 11.1. The Labute approximate surface area is 115 Å². The molecule has 0 radical (unpaired) electrons. The molecule has 0 atom stereocenters. The number of fused-ring (bicyclic) bond motifs is 1. The van der Waals surface area contributed by atoms with Crippen LogP contribution in [0.25, 0.3) is 22.3 Å². The van der Waals surface area contributed by atoms with Crippen LogP contribution in [0.2, 0.25) is 0 Å². The van der Waals surface area contributed by atoms with Crippen molar-refractivity contribution in [3.8, 4) is 22.8 Å². The zero-order chi connectivity index (χ0) is 14.1. The predicted molar refractivity (Wildman–Crippen MR) is 75.7 cm³/mol. The van der Waals surface area contributed by atoms with Gasteiger partial charge < -0.3 is 14.3 Å². The Morgan fingerprint density at radius 1 is 1.10 bits per heavy atom. The van der Waals surface area contributed by atoms with Crippen LogP contribution in [0.5, 0.6) is 11.5 Å². The molecule has 100 valence electrons. The summed E-state index contributed by atoms with van der Waals surface area (Å²) >= 11 is 0. The van der Waals surface area contributed by atoms with Crippen LogP contribution in [0.4, 0.5) is 0 Å². The molecular formula is C16H13NO3. The van der Waals surface area contributed by atoms with Gasteiger partial charge in [-0.25, -0.2) is 0 Å². The van der Waals surface area contributed by atoms with E-state index in [4.69, 9.17) is 14.6 Å². The number of nitrogens with one attached hydrogen (secondary N) is 1. The van der Waals surface area contributed by atoms with Gasteiger partial charge in [-0.1, -0.05) is 12.1 Å². The first-order valence-corrected chi connectivity index (χ1v) is 6.14. The molecule has 2 aromatic carbocycles. The van der Waals surface area contributed by atoms with Crippen molar-refractivity contribution in [2.24, 2.45) is 0 Å². The Balaban J connectivity index is 2.28. The molecule has 20 heavy (non-hydrogen) atoms. The Hall–Kier alpha value is -2.75. The van der Waals surface area contributed by atoms with E-state index in [2.05, 4.69) is 0 Å². The number of hydrogen-bond acceptors (Lipinski definition) is 4. The molecule has 4 heteroatoms. The molecule has 1 heterocycles. The first kappa shape index (κ1) is 12.3. The maximum Gasteiger partial charge on any atom is 0.140 e. The van der Waals surface area contributed by atoms with Gasteiger partial charge in [0.2, 0.25) is 0 Å². The third-order valence-corrected chi connectivity index (χ3v) is 3.12. The second kappa shape index (κ2) is 4.74. The lowest BCUT2D eigenvalue weighted by Crippen LogP contribution is -2.01. The van der Waals surface area contributed by atoms with E-state index in [-0.39, 0.29) is 5.75 Å². The summed E-state index contributed by atoms with van der Waals surface area (Å²) in [5, 5.41) is 18.4. The minimum Gasteiger partial charge on any atom is -0.508 e. The van der Waals surface area contributed by atoms with Crippen molar-refractivity contribution < 1.29 is 14.3 Å². The van der Waals surface area contributed by atoms with E-state index in [1.807, 2.05) is 24.3 Å². The van der Waals surface area contributed by atoms with Gasteiger partial charge in [-0.05, 0) is 30.3 Å². The Morgan fingerprint density at radius 3 is 2.70 bits per heavy atom. The molecular weight excluding hydrogens is 254 g/mol. The number of hydrogen-bond donors (Lipinski definition) is 2. The lowest BCUT2D eigenvalue weighted by atomic mass is 10.1. The second-order valence-corrected chi connectivity index (χ2v) is 4.41. The van der Waals surface area contributed by atoms with Crippen molar-refractivity contribution in [1.29, 1.82) is 5.41 Å². The molecule has 0 saturated heterocycles. The number of aromatic hydroxyl groups is 1. The highest BCUT2D eigenvalue weighted by Gasteiger charge is 2.10. The molecule has 4 nitrogen and oxygen atoms in total. The summed E-state index contributed by atoms with van der Waals surface area (Å²) in [4.78, 5) is 0. The highest BCUT2D eigenvalue weighted by Crippen LogP contribution is 2.30. The van der Waals surface area contributed by atoms with Crippen LogP contribution in [-0.2, 0) is 0 Å². The monoisotopic (exact) mass is 267 g/mol. The van der Waals surface area contributed by atoms with Gasteiger partial charge in [0.1, 0.15) is 22.8 Å². The van der Waals surface area contributed by atoms with E-state index in [9.17, 15) is 5.11 Å². The van der Waals surface area contributed by atoms with Crippen molar-refractivity contribution in [1.82, 2.24) is 0 Å². The van der Waals surface area contributed by atoms with E-state index in [0.717, 1.165) is 5.56 Å². The molecule has 0 saturated carbocycles. The molecule has 0 unspecified atom stereocenters. The van der Waals surface area contributed by atoms with Crippen LogP contribution >= 0.6 is 0 Å². The standard InChI is InChI=1S/C16H13NO3/c1-19-14-5-3-2-4-11(14)16-9-13(17)12-8-10(18)6-7-15(12)20-16/h2-9,17-18H,1H3. The molecule has 0 fully saturated rings. The highest BCUT2D eigenvalue weighted by atomic mass is 16.5. The summed E-state index contributed by atoms with van der Waals surface area (Å²) in [6, 6.07) is 13.8. The summed E-state index contributed by atoms with van der Waals surface area (Å²) in [7, 11) is 1.60. The third-order valence-electron chi connectivity index (χ3n) is 3.12. The fourth-order valence-corrected chi connectivity index (χ4v) is 2.16. The first-order valence-electron chi connectivity index (χ1n) is 6.14. The fraction of sp³-hybridized carbons (Fsp3) is 0.0625. The second-order valence-electron chi connectivity index (χ2n) is 4.41. The summed E-state index contributed by atoms with van der Waals surface area (Å²) in [6.45, 7) is 0. The molecule has 1 aromatic heterocycles. The first-order chi connectivity index (χ1) is 9.69. The van der Waals surface area contributed by atoms with E-state index in [1.165, 1.54) is 12.1 Å². The minimum atomic E-state index is 0.117. The van der Waals surface area contributed by atoms with Crippen LogP contribution in [0.3, 0.4) is 0 Å². The molecule has 3 rings (SSSR count). The molecule has 0 amide bonds. The molecule has 2 N–H and O–H groups in total. The smallest absolute Gasteiger partial charge is 0.140 e. The number of phenolic OH excluding ortho intramolecular Hbond substituents is 1. The average Bonchev–Trinajstić information content (AvgIpc) is 2.47. The molecule has 3 aromatic rings. The third kappa shape index (κ3) is 2.01. The number of rotatable bonds is 2. The largest absolute Gasteiger partial charge is 0.508 e. The van der Waals surface area contributed by atoms with Crippen molar-refractivity contribution in [3.05, 3.63) is 53.9 Å². The van der Waals surface area contributed by atoms with Crippen LogP contribution < -0.4 is 10.1 Å². The maximum absolute atomic E-state index is 9.48. The number of benzene rings is 2. The van der Waals surface area contributed by atoms with E-state index < -0.39 is 0 Å². The van der Waals surface area contributed by atoms with Crippen molar-refractivity contribution in [2.75, 3.05) is 7.11 Å². The summed E-state index contributed by atoms with van der Waals surface area (Å²) in [6.07, 6.45) is 0. The van der Waals surface area contributed by atoms with Gasteiger partial charge in [-0.15, -0.1) is 0 Å². The Kier molecular flexibility index (Phi) is 2.91. The minimum absolute atomic E-state index is 0.117. The van der Waals surface area contributed by atoms with E-state index in [0.29, 0.717) is 27.8 Å². The van der Waals surface area contributed by atoms with Crippen LogP contribution in [0.15, 0.2) is 52.9 Å². The van der Waals surface area contributed by atoms with Gasteiger partial charge in [-0.3, -0.25) is 5.41 Å². The predicted octanol–water partition coefficient (Wildman–Crippen LogP) is 3.29. The Morgan fingerprint density at radius 2 is 1.90 bits per heavy atom. The quantitative estimate of drug-likeness (QED) is 0.748. The number of para-hydroxylation sites is 1. The zero-order valence-corrected chi connectivity index (χ0v) is 10.9.